The van der Waals surface area contributed by atoms with Crippen LogP contribution in [0.4, 0.5) is 10.5 Å². The van der Waals surface area contributed by atoms with Crippen LogP contribution in [0.25, 0.3) is 0 Å². The minimum absolute atomic E-state index is 0.457. The molecule has 6 heteroatoms. The molecule has 0 aliphatic carbocycles. The molecule has 0 aromatic heterocycles. The Kier molecular flexibility index (Phi) is 6.02. The number of ether oxygens (including phenoxy) is 2. The maximum absolute atomic E-state index is 12.0. The number of methoxy groups -OCH3 is 2. The maximum Gasteiger partial charge on any atom is 0.331 e. The highest BCUT2D eigenvalue weighted by Gasteiger charge is 2.35. The highest BCUT2D eigenvalue weighted by atomic mass is 16.5. The zero-order chi connectivity index (χ0) is 15.9. The second kappa shape index (κ2) is 7.52. The molecule has 1 aromatic carbocycles. The van der Waals surface area contributed by atoms with Crippen molar-refractivity contribution in [2.75, 3.05) is 19.5 Å². The first kappa shape index (κ1) is 16.8. The van der Waals surface area contributed by atoms with Crippen LogP contribution in [0.15, 0.2) is 24.3 Å². The highest BCUT2D eigenvalue weighted by Crippen LogP contribution is 2.17. The molecule has 0 spiro atoms. The monoisotopic (exact) mass is 294 g/mol. The molecule has 21 heavy (non-hydrogen) atoms. The summed E-state index contributed by atoms with van der Waals surface area (Å²) in [4.78, 5) is 23.8. The molecule has 0 radical (unpaired) electrons. The number of carbonyl (C=O) groups excluding carboxylic acids is 2. The lowest BCUT2D eigenvalue weighted by Gasteiger charge is -2.27. The Morgan fingerprint density at radius 1 is 1.19 bits per heavy atom. The van der Waals surface area contributed by atoms with E-state index in [4.69, 9.17) is 9.47 Å². The van der Waals surface area contributed by atoms with Crippen molar-refractivity contribution in [1.29, 1.82) is 0 Å². The van der Waals surface area contributed by atoms with E-state index < -0.39 is 17.5 Å². The van der Waals surface area contributed by atoms with Crippen LogP contribution in [0.3, 0.4) is 0 Å². The molecule has 1 rings (SSSR count). The zero-order valence-corrected chi connectivity index (χ0v) is 12.9. The molecule has 0 saturated heterocycles. The van der Waals surface area contributed by atoms with Gasteiger partial charge in [0.05, 0.1) is 14.2 Å². The Bertz CT molecular complexity index is 487. The smallest absolute Gasteiger partial charge is 0.331 e. The van der Waals surface area contributed by atoms with Gasteiger partial charge in [0.25, 0.3) is 0 Å². The summed E-state index contributed by atoms with van der Waals surface area (Å²) in [6.45, 7) is 3.58. The zero-order valence-electron chi connectivity index (χ0n) is 12.9. The van der Waals surface area contributed by atoms with Gasteiger partial charge in [-0.25, -0.2) is 9.59 Å². The van der Waals surface area contributed by atoms with E-state index in [0.29, 0.717) is 17.9 Å². The summed E-state index contributed by atoms with van der Waals surface area (Å²) in [7, 11) is 2.88. The minimum atomic E-state index is -1.04. The Morgan fingerprint density at radius 2 is 1.81 bits per heavy atom. The number of esters is 1. The quantitative estimate of drug-likeness (QED) is 0.790. The molecule has 1 aromatic rings. The fourth-order valence-electron chi connectivity index (χ4n) is 2.03. The molecular formula is C15H22N2O4. The van der Waals surface area contributed by atoms with Gasteiger partial charge < -0.3 is 20.1 Å². The first-order valence-corrected chi connectivity index (χ1v) is 6.77. The van der Waals surface area contributed by atoms with Crippen LogP contribution >= 0.6 is 0 Å². The van der Waals surface area contributed by atoms with E-state index >= 15 is 0 Å². The van der Waals surface area contributed by atoms with E-state index in [-0.39, 0.29) is 0 Å². The second-order valence-electron chi connectivity index (χ2n) is 4.88. The van der Waals surface area contributed by atoms with Crippen LogP contribution in [0.2, 0.25) is 0 Å². The third kappa shape index (κ3) is 4.66. The number of benzene rings is 1. The summed E-state index contributed by atoms with van der Waals surface area (Å²) in [5.74, 6) is 0.237. The molecule has 0 fully saturated rings. The predicted octanol–water partition coefficient (Wildman–Crippen LogP) is 2.55. The predicted molar refractivity (Wildman–Crippen MR) is 80.5 cm³/mol. The standard InChI is InChI=1S/C15H22N2O4/c1-5-10-15(2,13(18)21-4)17-14(19)16-11-6-8-12(20-3)9-7-11/h6-9H,5,10H2,1-4H3,(H2,16,17,19). The van der Waals surface area contributed by atoms with Crippen molar-refractivity contribution in [3.63, 3.8) is 0 Å². The normalized spacial score (nSPS) is 13.0. The number of anilines is 1. The number of amides is 2. The summed E-state index contributed by atoms with van der Waals surface area (Å²) < 4.78 is 9.79. The molecule has 1 atom stereocenters. The third-order valence-corrected chi connectivity index (χ3v) is 3.12. The molecular weight excluding hydrogens is 272 g/mol. The molecule has 1 unspecified atom stereocenters. The Labute approximate surface area is 124 Å². The fourth-order valence-corrected chi connectivity index (χ4v) is 2.03. The fraction of sp³-hybridized carbons (Fsp3) is 0.467. The van der Waals surface area contributed by atoms with Crippen LogP contribution in [-0.2, 0) is 9.53 Å². The molecule has 116 valence electrons. The number of hydrogen-bond donors (Lipinski definition) is 2. The number of hydrogen-bond acceptors (Lipinski definition) is 4. The Hall–Kier alpha value is -2.24. The molecule has 0 bridgehead atoms. The van der Waals surface area contributed by atoms with Crippen molar-refractivity contribution in [3.8, 4) is 5.75 Å². The highest BCUT2D eigenvalue weighted by molar-refractivity contribution is 5.94. The van der Waals surface area contributed by atoms with Gasteiger partial charge in [-0.2, -0.15) is 0 Å². The van der Waals surface area contributed by atoms with Crippen molar-refractivity contribution in [2.45, 2.75) is 32.2 Å². The molecule has 0 aliphatic heterocycles. The first-order valence-electron chi connectivity index (χ1n) is 6.77. The van der Waals surface area contributed by atoms with Crippen molar-refractivity contribution in [3.05, 3.63) is 24.3 Å². The summed E-state index contributed by atoms with van der Waals surface area (Å²) in [6.07, 6.45) is 1.24. The van der Waals surface area contributed by atoms with Crippen LogP contribution in [0, 0.1) is 0 Å². The summed E-state index contributed by atoms with van der Waals surface area (Å²) in [5, 5.41) is 5.34. The van der Waals surface area contributed by atoms with Crippen LogP contribution in [0.5, 0.6) is 5.75 Å². The van der Waals surface area contributed by atoms with E-state index in [1.165, 1.54) is 7.11 Å². The van der Waals surface area contributed by atoms with Crippen molar-refractivity contribution in [1.82, 2.24) is 5.32 Å². The maximum atomic E-state index is 12.0. The molecule has 0 saturated carbocycles. The van der Waals surface area contributed by atoms with Gasteiger partial charge in [0.15, 0.2) is 0 Å². The van der Waals surface area contributed by atoms with Gasteiger partial charge in [0.2, 0.25) is 0 Å². The number of carbonyl (C=O) groups is 2. The van der Waals surface area contributed by atoms with E-state index in [2.05, 4.69) is 10.6 Å². The summed E-state index contributed by atoms with van der Waals surface area (Å²) in [5.41, 5.74) is -0.433. The summed E-state index contributed by atoms with van der Waals surface area (Å²) in [6, 6.07) is 6.45. The Balaban J connectivity index is 2.71. The van der Waals surface area contributed by atoms with Gasteiger partial charge in [0.1, 0.15) is 11.3 Å². The molecule has 6 nitrogen and oxygen atoms in total. The van der Waals surface area contributed by atoms with E-state index in [1.807, 2.05) is 6.92 Å². The van der Waals surface area contributed by atoms with Gasteiger partial charge in [-0.15, -0.1) is 0 Å². The van der Waals surface area contributed by atoms with Gasteiger partial charge in [-0.3, -0.25) is 0 Å². The lowest BCUT2D eigenvalue weighted by atomic mass is 9.96. The van der Waals surface area contributed by atoms with Crippen molar-refractivity contribution in [2.24, 2.45) is 0 Å². The Morgan fingerprint density at radius 3 is 2.29 bits per heavy atom. The van der Waals surface area contributed by atoms with E-state index in [0.717, 1.165) is 6.42 Å². The number of nitrogens with one attached hydrogen (secondary N) is 2. The van der Waals surface area contributed by atoms with Crippen molar-refractivity contribution >= 4 is 17.7 Å². The largest absolute Gasteiger partial charge is 0.497 e. The van der Waals surface area contributed by atoms with Gasteiger partial charge in [-0.1, -0.05) is 13.3 Å². The lowest BCUT2D eigenvalue weighted by Crippen LogP contribution is -2.54. The lowest BCUT2D eigenvalue weighted by molar-refractivity contribution is -0.147. The van der Waals surface area contributed by atoms with Crippen molar-refractivity contribution < 1.29 is 19.1 Å². The SMILES string of the molecule is CCCC(C)(NC(=O)Nc1ccc(OC)cc1)C(=O)OC. The average molecular weight is 294 g/mol. The number of rotatable bonds is 6. The second-order valence-corrected chi connectivity index (χ2v) is 4.88. The molecule has 0 heterocycles. The first-order chi connectivity index (χ1) is 9.95. The topological polar surface area (TPSA) is 76.7 Å². The number of urea groups is 1. The minimum Gasteiger partial charge on any atom is -0.497 e. The van der Waals surface area contributed by atoms with Gasteiger partial charge in [-0.05, 0) is 37.6 Å². The van der Waals surface area contributed by atoms with Gasteiger partial charge in [0, 0.05) is 5.69 Å². The molecule has 0 aliphatic rings. The van der Waals surface area contributed by atoms with Crippen LogP contribution < -0.4 is 15.4 Å². The van der Waals surface area contributed by atoms with Crippen LogP contribution in [0.1, 0.15) is 26.7 Å². The third-order valence-electron chi connectivity index (χ3n) is 3.12. The molecule has 2 amide bonds. The molecule has 2 N–H and O–H groups in total. The average Bonchev–Trinajstić information content (AvgIpc) is 2.47. The summed E-state index contributed by atoms with van der Waals surface area (Å²) >= 11 is 0. The van der Waals surface area contributed by atoms with Crippen LogP contribution in [-0.4, -0.2) is 31.8 Å². The van der Waals surface area contributed by atoms with E-state index in [1.54, 1.807) is 38.3 Å². The van der Waals surface area contributed by atoms with Gasteiger partial charge >= 0.3 is 12.0 Å². The van der Waals surface area contributed by atoms with E-state index in [9.17, 15) is 9.59 Å².